The molecule has 0 saturated carbocycles. The molecule has 0 unspecified atom stereocenters. The summed E-state index contributed by atoms with van der Waals surface area (Å²) >= 11 is 0. The Balaban J connectivity index is 3.24. The average molecular weight is 308 g/mol. The molecule has 0 saturated heterocycles. The second-order valence-corrected chi connectivity index (χ2v) is 3.69. The minimum atomic E-state index is -0.699. The molecular weight excluding hydrogens is 284 g/mol. The first kappa shape index (κ1) is 19.8. The second kappa shape index (κ2) is 15.2. The minimum absolute atomic E-state index is 0.00193. The van der Waals surface area contributed by atoms with Crippen molar-refractivity contribution in [1.29, 1.82) is 0 Å². The topological polar surface area (TPSA) is 104 Å². The molecule has 0 aromatic carbocycles. The van der Waals surface area contributed by atoms with Gasteiger partial charge in [0.05, 0.1) is 52.9 Å². The van der Waals surface area contributed by atoms with Crippen molar-refractivity contribution in [2.24, 2.45) is 0 Å². The van der Waals surface area contributed by atoms with Gasteiger partial charge in [0.15, 0.2) is 5.76 Å². The molecule has 0 aromatic rings. The van der Waals surface area contributed by atoms with E-state index in [9.17, 15) is 4.79 Å². The van der Waals surface area contributed by atoms with E-state index in [-0.39, 0.29) is 38.8 Å². The van der Waals surface area contributed by atoms with Crippen molar-refractivity contribution >= 4 is 5.97 Å². The molecule has 8 heteroatoms. The molecule has 0 atom stereocenters. The largest absolute Gasteiger partial charge is 0.485 e. The van der Waals surface area contributed by atoms with Gasteiger partial charge in [-0.05, 0) is 6.58 Å². The van der Waals surface area contributed by atoms with E-state index >= 15 is 0 Å². The number of hydrogen-bond acceptors (Lipinski definition) is 8. The van der Waals surface area contributed by atoms with E-state index in [0.29, 0.717) is 33.0 Å². The zero-order valence-corrected chi connectivity index (χ0v) is 12.1. The first-order valence-electron chi connectivity index (χ1n) is 6.66. The van der Waals surface area contributed by atoms with Gasteiger partial charge in [-0.3, -0.25) is 0 Å². The lowest BCUT2D eigenvalue weighted by molar-refractivity contribution is -0.144. The van der Waals surface area contributed by atoms with Crippen LogP contribution in [-0.4, -0.2) is 82.3 Å². The molecule has 124 valence electrons. The van der Waals surface area contributed by atoms with Gasteiger partial charge in [-0.2, -0.15) is 0 Å². The van der Waals surface area contributed by atoms with Crippen LogP contribution in [0.4, 0.5) is 0 Å². The highest BCUT2D eigenvalue weighted by Gasteiger charge is 2.08. The van der Waals surface area contributed by atoms with Gasteiger partial charge < -0.3 is 33.9 Å². The van der Waals surface area contributed by atoms with Crippen LogP contribution in [0.1, 0.15) is 0 Å². The van der Waals surface area contributed by atoms with Crippen LogP contribution in [0.3, 0.4) is 0 Å². The van der Waals surface area contributed by atoms with Crippen LogP contribution < -0.4 is 0 Å². The van der Waals surface area contributed by atoms with E-state index in [0.717, 1.165) is 0 Å². The van der Waals surface area contributed by atoms with Gasteiger partial charge in [0.2, 0.25) is 0 Å². The van der Waals surface area contributed by atoms with Crippen molar-refractivity contribution in [2.45, 2.75) is 0 Å². The number of esters is 1. The molecule has 8 nitrogen and oxygen atoms in total. The summed E-state index contributed by atoms with van der Waals surface area (Å²) in [5.74, 6) is -0.820. The van der Waals surface area contributed by atoms with Crippen molar-refractivity contribution in [1.82, 2.24) is 0 Å². The summed E-state index contributed by atoms with van der Waals surface area (Å²) in [5.41, 5.74) is 0. The summed E-state index contributed by atoms with van der Waals surface area (Å²) in [5, 5.41) is 16.9. The predicted molar refractivity (Wildman–Crippen MR) is 72.7 cm³/mol. The van der Waals surface area contributed by atoms with Gasteiger partial charge in [0.25, 0.3) is 0 Å². The number of ether oxygens (including phenoxy) is 5. The summed E-state index contributed by atoms with van der Waals surface area (Å²) < 4.78 is 25.0. The van der Waals surface area contributed by atoms with Gasteiger partial charge in [-0.1, -0.05) is 0 Å². The molecule has 0 aliphatic carbocycles. The van der Waals surface area contributed by atoms with Gasteiger partial charge in [0.1, 0.15) is 13.2 Å². The highest BCUT2D eigenvalue weighted by Crippen LogP contribution is 1.97. The van der Waals surface area contributed by atoms with Gasteiger partial charge in [0, 0.05) is 0 Å². The maximum atomic E-state index is 11.2. The number of carbonyl (C=O) groups excluding carboxylic acids is 1. The van der Waals surface area contributed by atoms with E-state index in [1.165, 1.54) is 0 Å². The Hall–Kier alpha value is -1.19. The van der Waals surface area contributed by atoms with Gasteiger partial charge in [-0.15, -0.1) is 0 Å². The fourth-order valence-corrected chi connectivity index (χ4v) is 1.11. The quantitative estimate of drug-likeness (QED) is 0.173. The van der Waals surface area contributed by atoms with Crippen LogP contribution in [0, 0.1) is 0 Å². The number of rotatable bonds is 15. The summed E-state index contributed by atoms with van der Waals surface area (Å²) in [7, 11) is 0. The molecule has 0 aromatic heterocycles. The lowest BCUT2D eigenvalue weighted by Crippen LogP contribution is -2.15. The first-order chi connectivity index (χ1) is 10.2. The number of carbonyl (C=O) groups is 1. The fraction of sp³-hybridized carbons (Fsp3) is 0.769. The highest BCUT2D eigenvalue weighted by atomic mass is 16.6. The predicted octanol–water partition coefficient (Wildman–Crippen LogP) is -0.906. The lowest BCUT2D eigenvalue weighted by Gasteiger charge is -2.09. The SMILES string of the molecule is C=C(OCCOCCOCCOCCO)C(=O)OCCO. The van der Waals surface area contributed by atoms with E-state index in [4.69, 9.17) is 29.2 Å². The van der Waals surface area contributed by atoms with Crippen LogP contribution in [0.2, 0.25) is 0 Å². The number of hydrogen-bond donors (Lipinski definition) is 2. The molecule has 0 fully saturated rings. The Labute approximate surface area is 124 Å². The lowest BCUT2D eigenvalue weighted by atomic mass is 10.5. The van der Waals surface area contributed by atoms with Crippen molar-refractivity contribution in [3.8, 4) is 0 Å². The zero-order chi connectivity index (χ0) is 15.8. The number of aliphatic hydroxyl groups excluding tert-OH is 2. The zero-order valence-electron chi connectivity index (χ0n) is 12.1. The van der Waals surface area contributed by atoms with Crippen molar-refractivity contribution in [2.75, 3.05) is 66.1 Å². The maximum absolute atomic E-state index is 11.2. The Morgan fingerprint density at radius 1 is 0.714 bits per heavy atom. The van der Waals surface area contributed by atoms with Crippen molar-refractivity contribution in [3.63, 3.8) is 0 Å². The average Bonchev–Trinajstić information content (AvgIpc) is 2.49. The first-order valence-corrected chi connectivity index (χ1v) is 6.66. The van der Waals surface area contributed by atoms with E-state index in [1.54, 1.807) is 0 Å². The molecule has 21 heavy (non-hydrogen) atoms. The normalized spacial score (nSPS) is 10.4. The summed E-state index contributed by atoms with van der Waals surface area (Å²) in [4.78, 5) is 11.2. The Morgan fingerprint density at radius 3 is 1.71 bits per heavy atom. The Bertz CT molecular complexity index is 269. The molecule has 0 amide bonds. The highest BCUT2D eigenvalue weighted by molar-refractivity contribution is 5.85. The molecule has 0 rings (SSSR count). The second-order valence-electron chi connectivity index (χ2n) is 3.69. The molecule has 0 heterocycles. The standard InChI is InChI=1S/C13H24O8/c1-12(13(16)21-5-3-15)20-11-10-19-9-8-18-7-6-17-4-2-14/h14-15H,1-11H2. The van der Waals surface area contributed by atoms with E-state index in [2.05, 4.69) is 11.3 Å². The maximum Gasteiger partial charge on any atom is 0.373 e. The van der Waals surface area contributed by atoms with Crippen LogP contribution in [0.15, 0.2) is 12.3 Å². The molecule has 0 radical (unpaired) electrons. The molecular formula is C13H24O8. The van der Waals surface area contributed by atoms with Crippen LogP contribution in [0.5, 0.6) is 0 Å². The third-order valence-electron chi connectivity index (χ3n) is 2.04. The molecule has 0 spiro atoms. The van der Waals surface area contributed by atoms with E-state index in [1.807, 2.05) is 0 Å². The van der Waals surface area contributed by atoms with Crippen molar-refractivity contribution in [3.05, 3.63) is 12.3 Å². The third-order valence-corrected chi connectivity index (χ3v) is 2.04. The summed E-state index contributed by atoms with van der Waals surface area (Å²) in [6.07, 6.45) is 0. The Kier molecular flexibility index (Phi) is 14.3. The molecule has 0 bridgehead atoms. The van der Waals surface area contributed by atoms with Crippen LogP contribution in [0.25, 0.3) is 0 Å². The molecule has 0 aliphatic rings. The Morgan fingerprint density at radius 2 is 1.19 bits per heavy atom. The van der Waals surface area contributed by atoms with Crippen LogP contribution in [-0.2, 0) is 28.5 Å². The van der Waals surface area contributed by atoms with Gasteiger partial charge in [-0.25, -0.2) is 4.79 Å². The van der Waals surface area contributed by atoms with E-state index < -0.39 is 5.97 Å². The smallest absolute Gasteiger partial charge is 0.373 e. The fourth-order valence-electron chi connectivity index (χ4n) is 1.11. The molecule has 0 aliphatic heterocycles. The van der Waals surface area contributed by atoms with Gasteiger partial charge >= 0.3 is 5.97 Å². The minimum Gasteiger partial charge on any atom is -0.485 e. The monoisotopic (exact) mass is 308 g/mol. The third kappa shape index (κ3) is 13.5. The van der Waals surface area contributed by atoms with Crippen molar-refractivity contribution < 1.29 is 38.7 Å². The van der Waals surface area contributed by atoms with Crippen LogP contribution >= 0.6 is 0 Å². The summed E-state index contributed by atoms with van der Waals surface area (Å²) in [6.45, 7) is 5.52. The number of aliphatic hydroxyl groups is 2. The summed E-state index contributed by atoms with van der Waals surface area (Å²) in [6, 6.07) is 0. The molecule has 2 N–H and O–H groups in total.